The maximum Gasteiger partial charge on any atom is 0.302 e. The van der Waals surface area contributed by atoms with E-state index in [1.54, 1.807) is 0 Å². The van der Waals surface area contributed by atoms with Gasteiger partial charge in [-0.2, -0.15) is 0 Å². The highest BCUT2D eigenvalue weighted by Crippen LogP contribution is 2.65. The van der Waals surface area contributed by atoms with E-state index in [1.807, 2.05) is 6.08 Å². The van der Waals surface area contributed by atoms with Gasteiger partial charge in [0.15, 0.2) is 5.78 Å². The minimum atomic E-state index is -0.384. The zero-order chi connectivity index (χ0) is 18.9. The second-order valence-electron chi connectivity index (χ2n) is 10.1. The molecule has 26 heavy (non-hydrogen) atoms. The third kappa shape index (κ3) is 2.25. The summed E-state index contributed by atoms with van der Waals surface area (Å²) in [5.74, 6) is 1.90. The number of hydrogen-bond donors (Lipinski definition) is 0. The number of esters is 1. The van der Waals surface area contributed by atoms with Crippen molar-refractivity contribution in [2.45, 2.75) is 72.8 Å². The summed E-state index contributed by atoms with van der Waals surface area (Å²) in [7, 11) is 0. The van der Waals surface area contributed by atoms with Gasteiger partial charge in [0.05, 0.1) is 0 Å². The molecule has 5 unspecified atom stereocenters. The molecule has 4 rings (SSSR count). The number of carbonyl (C=O) groups excluding carboxylic acids is 2. The molecule has 0 spiro atoms. The zero-order valence-corrected chi connectivity index (χ0v) is 16.8. The van der Waals surface area contributed by atoms with Crippen LogP contribution in [-0.4, -0.2) is 17.9 Å². The number of ketones is 1. The summed E-state index contributed by atoms with van der Waals surface area (Å²) in [6.07, 6.45) is 12.0. The zero-order valence-electron chi connectivity index (χ0n) is 16.8. The highest BCUT2D eigenvalue weighted by atomic mass is 16.5. The van der Waals surface area contributed by atoms with Gasteiger partial charge in [-0.05, 0) is 69.8 Å². The number of hydrogen-bond acceptors (Lipinski definition) is 3. The Kier molecular flexibility index (Phi) is 3.85. The summed E-state index contributed by atoms with van der Waals surface area (Å²) in [5.41, 5.74) is 1.04. The Balaban J connectivity index is 1.69. The van der Waals surface area contributed by atoms with Gasteiger partial charge in [-0.15, -0.1) is 0 Å². The van der Waals surface area contributed by atoms with Gasteiger partial charge in [0, 0.05) is 23.2 Å². The fourth-order valence-corrected chi connectivity index (χ4v) is 7.11. The van der Waals surface area contributed by atoms with Crippen molar-refractivity contribution in [2.24, 2.45) is 34.0 Å². The normalized spacial score (nSPS) is 46.0. The number of allylic oxidation sites excluding steroid dienone is 4. The molecule has 4 aliphatic rings. The van der Waals surface area contributed by atoms with E-state index >= 15 is 0 Å². The lowest BCUT2D eigenvalue weighted by molar-refractivity contribution is -0.156. The summed E-state index contributed by atoms with van der Waals surface area (Å²) < 4.78 is 5.73. The Bertz CT molecular complexity index is 715. The molecule has 142 valence electrons. The number of ether oxygens (including phenoxy) is 1. The molecule has 0 aromatic heterocycles. The quantitative estimate of drug-likeness (QED) is 0.498. The first kappa shape index (κ1) is 18.0. The van der Waals surface area contributed by atoms with E-state index in [-0.39, 0.29) is 34.1 Å². The van der Waals surface area contributed by atoms with Gasteiger partial charge >= 0.3 is 5.97 Å². The molecule has 2 fully saturated rings. The number of carbonyl (C=O) groups is 2. The molecule has 2 saturated carbocycles. The van der Waals surface area contributed by atoms with Crippen molar-refractivity contribution in [3.63, 3.8) is 0 Å². The van der Waals surface area contributed by atoms with Crippen LogP contribution in [0.25, 0.3) is 0 Å². The summed E-state index contributed by atoms with van der Waals surface area (Å²) in [6.45, 7) is 10.4. The van der Waals surface area contributed by atoms with E-state index in [0.29, 0.717) is 17.8 Å². The first-order chi connectivity index (χ1) is 12.1. The topological polar surface area (TPSA) is 43.4 Å². The van der Waals surface area contributed by atoms with Crippen molar-refractivity contribution in [1.82, 2.24) is 0 Å². The Morgan fingerprint density at radius 2 is 1.85 bits per heavy atom. The molecule has 0 saturated heterocycles. The second kappa shape index (κ2) is 5.56. The van der Waals surface area contributed by atoms with Gasteiger partial charge in [-0.25, -0.2) is 0 Å². The molecule has 0 aromatic carbocycles. The van der Waals surface area contributed by atoms with E-state index in [1.165, 1.54) is 12.5 Å². The number of rotatable bonds is 1. The molecule has 3 heteroatoms. The van der Waals surface area contributed by atoms with Crippen molar-refractivity contribution in [1.29, 1.82) is 0 Å². The average Bonchev–Trinajstić information content (AvgIpc) is 2.88. The molecule has 0 amide bonds. The molecule has 6 atom stereocenters. The van der Waals surface area contributed by atoms with Crippen LogP contribution >= 0.6 is 0 Å². The van der Waals surface area contributed by atoms with Crippen LogP contribution in [0, 0.1) is 34.0 Å². The SMILES string of the molecule is CC(=O)O[C@H]1CCC2C3CC=C4C(C)(C)C(=O)C=CC4(C)C3CCC21C. The van der Waals surface area contributed by atoms with Crippen molar-refractivity contribution in [3.8, 4) is 0 Å². The highest BCUT2D eigenvalue weighted by molar-refractivity contribution is 5.98. The molecular formula is C23H32O3. The molecule has 4 aliphatic carbocycles. The monoisotopic (exact) mass is 356 g/mol. The first-order valence-corrected chi connectivity index (χ1v) is 10.2. The summed E-state index contributed by atoms with van der Waals surface area (Å²) >= 11 is 0. The first-order valence-electron chi connectivity index (χ1n) is 10.2. The van der Waals surface area contributed by atoms with Crippen molar-refractivity contribution >= 4 is 11.8 Å². The third-order valence-electron chi connectivity index (χ3n) is 8.47. The summed E-state index contributed by atoms with van der Waals surface area (Å²) in [4.78, 5) is 24.0. The van der Waals surface area contributed by atoms with E-state index < -0.39 is 0 Å². The molecule has 0 aliphatic heterocycles. The molecular weight excluding hydrogens is 324 g/mol. The minimum Gasteiger partial charge on any atom is -0.462 e. The Labute approximate surface area is 157 Å². The fourth-order valence-electron chi connectivity index (χ4n) is 7.11. The van der Waals surface area contributed by atoms with Crippen LogP contribution < -0.4 is 0 Å². The summed E-state index contributed by atoms with van der Waals surface area (Å²) in [5, 5.41) is 0. The average molecular weight is 357 g/mol. The van der Waals surface area contributed by atoms with E-state index in [2.05, 4.69) is 39.8 Å². The van der Waals surface area contributed by atoms with E-state index in [9.17, 15) is 9.59 Å². The van der Waals surface area contributed by atoms with Gasteiger partial charge < -0.3 is 4.74 Å². The molecule has 0 radical (unpaired) electrons. The van der Waals surface area contributed by atoms with Crippen LogP contribution in [0.2, 0.25) is 0 Å². The van der Waals surface area contributed by atoms with Crippen LogP contribution in [0.3, 0.4) is 0 Å². The lowest BCUT2D eigenvalue weighted by Crippen LogP contribution is -2.52. The lowest BCUT2D eigenvalue weighted by Gasteiger charge is -2.58. The highest BCUT2D eigenvalue weighted by Gasteiger charge is 2.60. The molecule has 0 aromatic rings. The van der Waals surface area contributed by atoms with E-state index in [4.69, 9.17) is 4.74 Å². The molecule has 3 nitrogen and oxygen atoms in total. The van der Waals surface area contributed by atoms with Crippen molar-refractivity contribution in [3.05, 3.63) is 23.8 Å². The maximum atomic E-state index is 12.5. The standard InChI is InChI=1S/C23H32O3/c1-14(24)26-20-9-7-16-15-6-8-18-21(2,3)19(25)11-13-22(18,4)17(15)10-12-23(16,20)5/h8,11,13,15-17,20H,6-7,9-10,12H2,1-5H3/t15?,16?,17?,20-,22?,23?/m0/s1. The second-order valence-corrected chi connectivity index (χ2v) is 10.1. The third-order valence-corrected chi connectivity index (χ3v) is 8.47. The van der Waals surface area contributed by atoms with Gasteiger partial charge in [0.25, 0.3) is 0 Å². The van der Waals surface area contributed by atoms with Crippen LogP contribution in [0.1, 0.15) is 66.7 Å². The molecule has 0 N–H and O–H groups in total. The summed E-state index contributed by atoms with van der Waals surface area (Å²) in [6, 6.07) is 0. The van der Waals surface area contributed by atoms with E-state index in [0.717, 1.165) is 32.1 Å². The van der Waals surface area contributed by atoms with Gasteiger partial charge in [-0.3, -0.25) is 9.59 Å². The fraction of sp³-hybridized carbons (Fsp3) is 0.739. The Hall–Kier alpha value is -1.38. The maximum absolute atomic E-state index is 12.5. The van der Waals surface area contributed by atoms with Gasteiger partial charge in [0.1, 0.15) is 6.10 Å². The lowest BCUT2D eigenvalue weighted by atomic mass is 9.46. The molecule has 0 heterocycles. The smallest absolute Gasteiger partial charge is 0.302 e. The predicted molar refractivity (Wildman–Crippen MR) is 101 cm³/mol. The van der Waals surface area contributed by atoms with Gasteiger partial charge in [0.2, 0.25) is 0 Å². The van der Waals surface area contributed by atoms with Crippen LogP contribution in [-0.2, 0) is 14.3 Å². The van der Waals surface area contributed by atoms with Crippen LogP contribution in [0.4, 0.5) is 0 Å². The number of fused-ring (bicyclic) bond motifs is 5. The largest absolute Gasteiger partial charge is 0.462 e. The van der Waals surface area contributed by atoms with Crippen molar-refractivity contribution in [2.75, 3.05) is 0 Å². The van der Waals surface area contributed by atoms with Crippen LogP contribution in [0.5, 0.6) is 0 Å². The molecule has 0 bridgehead atoms. The Morgan fingerprint density at radius 3 is 2.54 bits per heavy atom. The van der Waals surface area contributed by atoms with Gasteiger partial charge in [-0.1, -0.05) is 31.6 Å². The van der Waals surface area contributed by atoms with Crippen molar-refractivity contribution < 1.29 is 14.3 Å². The van der Waals surface area contributed by atoms with Crippen LogP contribution in [0.15, 0.2) is 23.8 Å². The predicted octanol–water partition coefficient (Wildman–Crippen LogP) is 4.86. The minimum absolute atomic E-state index is 0.0127. The Morgan fingerprint density at radius 1 is 1.12 bits per heavy atom.